The average Bonchev–Trinajstić information content (AvgIpc) is 2.82. The lowest BCUT2D eigenvalue weighted by Gasteiger charge is -2.37. The predicted octanol–water partition coefficient (Wildman–Crippen LogP) is 6.51. The van der Waals surface area contributed by atoms with Crippen LogP contribution in [0.1, 0.15) is 82.4 Å². The highest BCUT2D eigenvalue weighted by atomic mass is 16.5. The first-order valence-corrected chi connectivity index (χ1v) is 12.5. The standard InChI is InChI=1S/C29H39NO4/c1-5-33-27(31)18-12-21-11-17-26(30-28(32)34-20-22-9-7-6-8-10-22)25(19-21)23-13-15-24(16-14-23)29(2,3)4/h6-10,13-16,21,25-26H,5,11-12,17-20H2,1-4H3,(H,30,32)/t21?,25-,26+/m0/s1. The van der Waals surface area contributed by atoms with Gasteiger partial charge in [-0.25, -0.2) is 4.79 Å². The smallest absolute Gasteiger partial charge is 0.407 e. The number of carbonyl (C=O) groups is 2. The summed E-state index contributed by atoms with van der Waals surface area (Å²) >= 11 is 0. The van der Waals surface area contributed by atoms with Gasteiger partial charge in [-0.2, -0.15) is 0 Å². The van der Waals surface area contributed by atoms with Crippen LogP contribution in [0.3, 0.4) is 0 Å². The van der Waals surface area contributed by atoms with Gasteiger partial charge in [0.25, 0.3) is 0 Å². The normalized spacial score (nSPS) is 20.4. The number of hydrogen-bond acceptors (Lipinski definition) is 4. The van der Waals surface area contributed by atoms with Gasteiger partial charge >= 0.3 is 12.1 Å². The molecule has 1 unspecified atom stereocenters. The van der Waals surface area contributed by atoms with E-state index in [-0.39, 0.29) is 36.0 Å². The lowest BCUT2D eigenvalue weighted by atomic mass is 9.73. The van der Waals surface area contributed by atoms with Gasteiger partial charge in [0.1, 0.15) is 6.61 Å². The Bertz CT molecular complexity index is 917. The molecule has 2 aromatic carbocycles. The van der Waals surface area contributed by atoms with Gasteiger partial charge in [-0.3, -0.25) is 4.79 Å². The number of benzene rings is 2. The molecule has 5 heteroatoms. The third-order valence-electron chi connectivity index (χ3n) is 6.74. The molecule has 1 aliphatic rings. The Morgan fingerprint density at radius 3 is 2.32 bits per heavy atom. The minimum Gasteiger partial charge on any atom is -0.466 e. The molecule has 1 amide bonds. The second kappa shape index (κ2) is 12.0. The van der Waals surface area contributed by atoms with Crippen LogP contribution in [0.2, 0.25) is 0 Å². The molecule has 0 spiro atoms. The molecule has 2 aromatic rings. The van der Waals surface area contributed by atoms with Crippen LogP contribution in [0.25, 0.3) is 0 Å². The lowest BCUT2D eigenvalue weighted by Crippen LogP contribution is -2.43. The summed E-state index contributed by atoms with van der Waals surface area (Å²) in [6.07, 6.45) is 3.65. The van der Waals surface area contributed by atoms with E-state index < -0.39 is 0 Å². The minimum atomic E-state index is -0.380. The highest BCUT2D eigenvalue weighted by Gasteiger charge is 2.33. The fraction of sp³-hybridized carbons (Fsp3) is 0.517. The third kappa shape index (κ3) is 7.61. The number of ether oxygens (including phenoxy) is 2. The summed E-state index contributed by atoms with van der Waals surface area (Å²) in [5, 5.41) is 3.14. The van der Waals surface area contributed by atoms with Gasteiger partial charge in [0, 0.05) is 18.4 Å². The summed E-state index contributed by atoms with van der Waals surface area (Å²) in [6, 6.07) is 18.5. The SMILES string of the molecule is CCOC(=O)CCC1CC[C@@H](NC(=O)OCc2ccccc2)[C@H](c2ccc(C(C)(C)C)cc2)C1. The van der Waals surface area contributed by atoms with Gasteiger partial charge in [-0.05, 0) is 60.6 Å². The van der Waals surface area contributed by atoms with E-state index in [4.69, 9.17) is 9.47 Å². The molecule has 184 valence electrons. The Labute approximate surface area is 204 Å². The maximum atomic E-state index is 12.6. The van der Waals surface area contributed by atoms with E-state index in [1.54, 1.807) is 0 Å². The summed E-state index contributed by atoms with van der Waals surface area (Å²) in [7, 11) is 0. The van der Waals surface area contributed by atoms with E-state index in [0.29, 0.717) is 18.9 Å². The molecule has 34 heavy (non-hydrogen) atoms. The molecule has 0 radical (unpaired) electrons. The van der Waals surface area contributed by atoms with Crippen molar-refractivity contribution >= 4 is 12.1 Å². The summed E-state index contributed by atoms with van der Waals surface area (Å²) in [6.45, 7) is 9.14. The van der Waals surface area contributed by atoms with E-state index in [1.807, 2.05) is 37.3 Å². The van der Waals surface area contributed by atoms with Gasteiger partial charge in [0.05, 0.1) is 6.61 Å². The van der Waals surface area contributed by atoms with Crippen molar-refractivity contribution in [2.24, 2.45) is 5.92 Å². The van der Waals surface area contributed by atoms with Gasteiger partial charge in [-0.15, -0.1) is 0 Å². The monoisotopic (exact) mass is 465 g/mol. The quantitative estimate of drug-likeness (QED) is 0.452. The van der Waals surface area contributed by atoms with Crippen LogP contribution in [0.15, 0.2) is 54.6 Å². The maximum absolute atomic E-state index is 12.6. The number of amides is 1. The maximum Gasteiger partial charge on any atom is 0.407 e. The molecular weight excluding hydrogens is 426 g/mol. The van der Waals surface area contributed by atoms with Gasteiger partial charge < -0.3 is 14.8 Å². The predicted molar refractivity (Wildman–Crippen MR) is 135 cm³/mol. The fourth-order valence-corrected chi connectivity index (χ4v) is 4.76. The molecule has 1 aliphatic carbocycles. The van der Waals surface area contributed by atoms with Crippen molar-refractivity contribution < 1.29 is 19.1 Å². The van der Waals surface area contributed by atoms with E-state index in [1.165, 1.54) is 11.1 Å². The van der Waals surface area contributed by atoms with Crippen LogP contribution in [0, 0.1) is 5.92 Å². The van der Waals surface area contributed by atoms with Crippen LogP contribution in [-0.4, -0.2) is 24.7 Å². The van der Waals surface area contributed by atoms with E-state index in [2.05, 4.69) is 50.4 Å². The van der Waals surface area contributed by atoms with Crippen molar-refractivity contribution in [3.8, 4) is 0 Å². The molecule has 0 aliphatic heterocycles. The summed E-state index contributed by atoms with van der Waals surface area (Å²) in [5.74, 6) is 0.479. The van der Waals surface area contributed by atoms with Crippen LogP contribution in [-0.2, 0) is 26.3 Å². The zero-order valence-electron chi connectivity index (χ0n) is 21.0. The zero-order valence-corrected chi connectivity index (χ0v) is 21.0. The number of hydrogen-bond donors (Lipinski definition) is 1. The van der Waals surface area contributed by atoms with Crippen molar-refractivity contribution in [1.82, 2.24) is 5.32 Å². The average molecular weight is 466 g/mol. The number of alkyl carbamates (subject to hydrolysis) is 1. The Morgan fingerprint density at radius 2 is 1.68 bits per heavy atom. The number of nitrogens with one attached hydrogen (secondary N) is 1. The van der Waals surface area contributed by atoms with Crippen LogP contribution in [0.4, 0.5) is 4.79 Å². The highest BCUT2D eigenvalue weighted by molar-refractivity contribution is 5.69. The van der Waals surface area contributed by atoms with Crippen LogP contribution in [0.5, 0.6) is 0 Å². The number of esters is 1. The van der Waals surface area contributed by atoms with Gasteiger partial charge in [0.2, 0.25) is 0 Å². The minimum absolute atomic E-state index is 0.00241. The molecule has 0 saturated heterocycles. The Hall–Kier alpha value is -2.82. The van der Waals surface area contributed by atoms with Gasteiger partial charge in [-0.1, -0.05) is 75.4 Å². The molecule has 3 atom stereocenters. The van der Waals surface area contributed by atoms with Crippen molar-refractivity contribution in [1.29, 1.82) is 0 Å². The first kappa shape index (κ1) is 25.8. The Balaban J connectivity index is 1.67. The summed E-state index contributed by atoms with van der Waals surface area (Å²) in [5.41, 5.74) is 3.57. The molecule has 1 N–H and O–H groups in total. The van der Waals surface area contributed by atoms with Gasteiger partial charge in [0.15, 0.2) is 0 Å². The second-order valence-electron chi connectivity index (χ2n) is 10.3. The summed E-state index contributed by atoms with van der Waals surface area (Å²) in [4.78, 5) is 24.5. The molecule has 0 bridgehead atoms. The Morgan fingerprint density at radius 1 is 0.971 bits per heavy atom. The van der Waals surface area contributed by atoms with Crippen LogP contribution < -0.4 is 5.32 Å². The van der Waals surface area contributed by atoms with Crippen molar-refractivity contribution in [3.63, 3.8) is 0 Å². The molecule has 3 rings (SSSR count). The number of rotatable bonds is 8. The van der Waals surface area contributed by atoms with Crippen molar-refractivity contribution in [3.05, 3.63) is 71.3 Å². The van der Waals surface area contributed by atoms with E-state index in [9.17, 15) is 9.59 Å². The molecule has 0 heterocycles. The molecular formula is C29H39NO4. The van der Waals surface area contributed by atoms with E-state index in [0.717, 1.165) is 31.2 Å². The second-order valence-corrected chi connectivity index (χ2v) is 10.3. The molecule has 1 saturated carbocycles. The fourth-order valence-electron chi connectivity index (χ4n) is 4.76. The molecule has 5 nitrogen and oxygen atoms in total. The van der Waals surface area contributed by atoms with E-state index >= 15 is 0 Å². The molecule has 1 fully saturated rings. The largest absolute Gasteiger partial charge is 0.466 e. The topological polar surface area (TPSA) is 64.6 Å². The third-order valence-corrected chi connectivity index (χ3v) is 6.74. The molecule has 0 aromatic heterocycles. The lowest BCUT2D eigenvalue weighted by molar-refractivity contribution is -0.143. The Kier molecular flexibility index (Phi) is 9.14. The first-order chi connectivity index (χ1) is 16.3. The number of carbonyl (C=O) groups excluding carboxylic acids is 2. The van der Waals surface area contributed by atoms with Crippen molar-refractivity contribution in [2.75, 3.05) is 6.61 Å². The summed E-state index contributed by atoms with van der Waals surface area (Å²) < 4.78 is 10.6. The highest BCUT2D eigenvalue weighted by Crippen LogP contribution is 2.39. The van der Waals surface area contributed by atoms with Crippen molar-refractivity contribution in [2.45, 2.75) is 83.8 Å². The van der Waals surface area contributed by atoms with Crippen LogP contribution >= 0.6 is 0 Å². The zero-order chi connectivity index (χ0) is 24.6. The first-order valence-electron chi connectivity index (χ1n) is 12.5.